The van der Waals surface area contributed by atoms with Crippen LogP contribution in [0.3, 0.4) is 0 Å². The van der Waals surface area contributed by atoms with Crippen molar-refractivity contribution < 1.29 is 0 Å². The molecule has 2 saturated carbocycles. The van der Waals surface area contributed by atoms with E-state index >= 15 is 0 Å². The van der Waals surface area contributed by atoms with Crippen molar-refractivity contribution in [1.29, 1.82) is 0 Å². The molecule has 8 aromatic rings. The maximum atomic E-state index is 2.56. The van der Waals surface area contributed by atoms with Gasteiger partial charge >= 0.3 is 0 Å². The Hall–Kier alpha value is -6.18. The largest absolute Gasteiger partial charge is 0.309 e. The van der Waals surface area contributed by atoms with Crippen molar-refractivity contribution >= 4 is 27.8 Å². The Kier molecular flexibility index (Phi) is 7.24. The van der Waals surface area contributed by atoms with Crippen LogP contribution in [0.5, 0.6) is 0 Å². The van der Waals surface area contributed by atoms with Crippen LogP contribution in [0.25, 0.3) is 55.3 Å². The van der Waals surface area contributed by atoms with E-state index in [4.69, 9.17) is 0 Å². The molecule has 3 atom stereocenters. The first-order chi connectivity index (χ1) is 26.8. The molecular weight excluding hydrogens is 651 g/mol. The maximum Gasteiger partial charge on any atom is 0.0540 e. The lowest BCUT2D eigenvalue weighted by molar-refractivity contribution is 0.327. The van der Waals surface area contributed by atoms with Crippen LogP contribution in [0.1, 0.15) is 36.8 Å². The fourth-order valence-corrected chi connectivity index (χ4v) is 10.7. The fourth-order valence-electron chi connectivity index (χ4n) is 10.7. The predicted molar refractivity (Wildman–Crippen MR) is 227 cm³/mol. The van der Waals surface area contributed by atoms with Crippen molar-refractivity contribution in [3.05, 3.63) is 199 Å². The van der Waals surface area contributed by atoms with Crippen LogP contribution in [0, 0.1) is 11.8 Å². The molecule has 3 unspecified atom stereocenters. The van der Waals surface area contributed by atoms with Crippen LogP contribution in [-0.4, -0.2) is 0 Å². The standard InChI is InChI=1S/C53H41N/c1-3-13-38(14-4-1)43-31-32-52(48-20-8-7-18-45(43)48)54(51-22-12-10-17-44(51)39-15-5-2-6-16-39)42-28-24-37(25-29-42)40-26-30-47-46-19-9-11-21-49(46)53(50(47)34-40)35-36-23-27-41(53)33-36/h1-22,24-26,28-32,34,36,41H,23,27,33,35H2. The van der Waals surface area contributed by atoms with Gasteiger partial charge in [-0.05, 0) is 117 Å². The lowest BCUT2D eigenvalue weighted by atomic mass is 9.66. The van der Waals surface area contributed by atoms with Gasteiger partial charge in [0.15, 0.2) is 0 Å². The summed E-state index contributed by atoms with van der Waals surface area (Å²) in [6.07, 6.45) is 5.45. The van der Waals surface area contributed by atoms with Gasteiger partial charge in [0.1, 0.15) is 0 Å². The first kappa shape index (κ1) is 31.4. The highest BCUT2D eigenvalue weighted by atomic mass is 15.1. The summed E-state index contributed by atoms with van der Waals surface area (Å²) in [7, 11) is 0. The number of benzene rings is 8. The van der Waals surface area contributed by atoms with Gasteiger partial charge in [-0.3, -0.25) is 0 Å². The Morgan fingerprint density at radius 2 is 1.02 bits per heavy atom. The Labute approximate surface area is 318 Å². The molecule has 1 nitrogen and oxygen atoms in total. The van der Waals surface area contributed by atoms with Crippen molar-refractivity contribution in [3.63, 3.8) is 0 Å². The molecule has 1 heteroatoms. The molecular formula is C53H41N. The quantitative estimate of drug-likeness (QED) is 0.168. The summed E-state index contributed by atoms with van der Waals surface area (Å²) in [5.41, 5.74) is 17.1. The summed E-state index contributed by atoms with van der Waals surface area (Å²) >= 11 is 0. The zero-order valence-electron chi connectivity index (χ0n) is 30.3. The number of nitrogens with zero attached hydrogens (tertiary/aromatic N) is 1. The first-order valence-electron chi connectivity index (χ1n) is 19.6. The van der Waals surface area contributed by atoms with Gasteiger partial charge in [-0.15, -0.1) is 0 Å². The molecule has 3 aliphatic rings. The van der Waals surface area contributed by atoms with Crippen LogP contribution in [0.15, 0.2) is 188 Å². The van der Waals surface area contributed by atoms with E-state index in [1.807, 2.05) is 0 Å². The van der Waals surface area contributed by atoms with Crippen molar-refractivity contribution in [2.24, 2.45) is 11.8 Å². The molecule has 0 amide bonds. The van der Waals surface area contributed by atoms with Gasteiger partial charge < -0.3 is 4.90 Å². The molecule has 3 aliphatic carbocycles. The predicted octanol–water partition coefficient (Wildman–Crippen LogP) is 14.4. The van der Waals surface area contributed by atoms with Gasteiger partial charge in [-0.1, -0.05) is 164 Å². The second kappa shape index (κ2) is 12.5. The molecule has 54 heavy (non-hydrogen) atoms. The van der Waals surface area contributed by atoms with Crippen molar-refractivity contribution in [2.45, 2.75) is 31.1 Å². The zero-order chi connectivity index (χ0) is 35.6. The summed E-state index contributed by atoms with van der Waals surface area (Å²) in [5, 5.41) is 2.47. The molecule has 2 fully saturated rings. The van der Waals surface area contributed by atoms with E-state index < -0.39 is 0 Å². The third-order valence-electron chi connectivity index (χ3n) is 13.0. The average Bonchev–Trinajstić information content (AvgIpc) is 3.95. The van der Waals surface area contributed by atoms with Gasteiger partial charge in [0.2, 0.25) is 0 Å². The molecule has 0 saturated heterocycles. The van der Waals surface area contributed by atoms with Gasteiger partial charge in [0.25, 0.3) is 0 Å². The Balaban J connectivity index is 1.06. The first-order valence-corrected chi connectivity index (χ1v) is 19.6. The molecule has 0 heterocycles. The van der Waals surface area contributed by atoms with E-state index in [0.29, 0.717) is 0 Å². The number of rotatable bonds is 6. The lowest BCUT2D eigenvalue weighted by Crippen LogP contribution is -2.31. The molecule has 8 aromatic carbocycles. The summed E-state index contributed by atoms with van der Waals surface area (Å²) in [5.74, 6) is 1.61. The van der Waals surface area contributed by atoms with Crippen LogP contribution in [-0.2, 0) is 5.41 Å². The number of para-hydroxylation sites is 1. The molecule has 0 aromatic heterocycles. The van der Waals surface area contributed by atoms with Crippen LogP contribution in [0.4, 0.5) is 17.1 Å². The van der Waals surface area contributed by atoms with Gasteiger partial charge in [0.05, 0.1) is 11.4 Å². The summed E-state index contributed by atoms with van der Waals surface area (Å²) in [6, 6.07) is 69.8. The summed E-state index contributed by atoms with van der Waals surface area (Å²) < 4.78 is 0. The lowest BCUT2D eigenvalue weighted by Gasteiger charge is -2.36. The van der Waals surface area contributed by atoms with E-state index in [0.717, 1.165) is 28.9 Å². The monoisotopic (exact) mass is 691 g/mol. The Morgan fingerprint density at radius 1 is 0.407 bits per heavy atom. The van der Waals surface area contributed by atoms with E-state index in [2.05, 4.69) is 193 Å². The van der Waals surface area contributed by atoms with Crippen molar-refractivity contribution in [3.8, 4) is 44.5 Å². The molecule has 1 spiro atoms. The molecule has 258 valence electrons. The third kappa shape index (κ3) is 4.78. The molecule has 0 aliphatic heterocycles. The highest BCUT2D eigenvalue weighted by molar-refractivity contribution is 6.07. The minimum absolute atomic E-state index is 0.176. The second-order valence-electron chi connectivity index (χ2n) is 15.7. The van der Waals surface area contributed by atoms with Crippen LogP contribution < -0.4 is 4.90 Å². The fraction of sp³-hybridized carbons (Fsp3) is 0.132. The minimum Gasteiger partial charge on any atom is -0.309 e. The highest BCUT2D eigenvalue weighted by Gasteiger charge is 2.56. The van der Waals surface area contributed by atoms with E-state index in [-0.39, 0.29) is 5.41 Å². The Bertz CT molecular complexity index is 2670. The average molecular weight is 692 g/mol. The van der Waals surface area contributed by atoms with E-state index in [9.17, 15) is 0 Å². The Morgan fingerprint density at radius 3 is 1.76 bits per heavy atom. The number of hydrogen-bond acceptors (Lipinski definition) is 1. The van der Waals surface area contributed by atoms with Gasteiger partial charge in [-0.25, -0.2) is 0 Å². The van der Waals surface area contributed by atoms with Crippen molar-refractivity contribution in [1.82, 2.24) is 0 Å². The number of fused-ring (bicyclic) bond motifs is 9. The van der Waals surface area contributed by atoms with Gasteiger partial charge in [0, 0.05) is 22.1 Å². The smallest absolute Gasteiger partial charge is 0.0540 e. The van der Waals surface area contributed by atoms with Gasteiger partial charge in [-0.2, -0.15) is 0 Å². The maximum absolute atomic E-state index is 2.56. The second-order valence-corrected chi connectivity index (χ2v) is 15.7. The molecule has 0 N–H and O–H groups in total. The van der Waals surface area contributed by atoms with Crippen molar-refractivity contribution in [2.75, 3.05) is 4.90 Å². The zero-order valence-corrected chi connectivity index (χ0v) is 30.3. The van der Waals surface area contributed by atoms with E-state index in [1.54, 1.807) is 11.1 Å². The highest BCUT2D eigenvalue weighted by Crippen LogP contribution is 2.65. The molecule has 2 bridgehead atoms. The number of anilines is 3. The topological polar surface area (TPSA) is 3.24 Å². The molecule has 0 radical (unpaired) electrons. The summed E-state index contributed by atoms with van der Waals surface area (Å²) in [4.78, 5) is 2.47. The number of hydrogen-bond donors (Lipinski definition) is 0. The minimum atomic E-state index is 0.176. The van der Waals surface area contributed by atoms with Crippen LogP contribution >= 0.6 is 0 Å². The normalized spacial score (nSPS) is 19.3. The van der Waals surface area contributed by atoms with Crippen LogP contribution in [0.2, 0.25) is 0 Å². The van der Waals surface area contributed by atoms with E-state index in [1.165, 1.54) is 81.0 Å². The third-order valence-corrected chi connectivity index (χ3v) is 13.0. The molecule has 11 rings (SSSR count). The SMILES string of the molecule is c1ccc(-c2ccccc2N(c2ccc(-c3ccc4c(c3)C3(CC5CCC3C5)c3ccccc3-4)cc2)c2ccc(-c3ccccc3)c3ccccc23)cc1. The summed E-state index contributed by atoms with van der Waals surface area (Å²) in [6.45, 7) is 0.